The van der Waals surface area contributed by atoms with E-state index in [0.29, 0.717) is 12.0 Å². The fourth-order valence-corrected chi connectivity index (χ4v) is 1.56. The van der Waals surface area contributed by atoms with E-state index in [1.165, 1.54) is 5.57 Å². The smallest absolute Gasteiger partial charge is 0.0784 e. The second-order valence-corrected chi connectivity index (χ2v) is 3.30. The van der Waals surface area contributed by atoms with Crippen molar-refractivity contribution in [2.24, 2.45) is 0 Å². The van der Waals surface area contributed by atoms with Crippen LogP contribution in [0.4, 0.5) is 0 Å². The second kappa shape index (κ2) is 4.13. The molecule has 0 aromatic heterocycles. The molecule has 2 heteroatoms. The van der Waals surface area contributed by atoms with Gasteiger partial charge in [-0.3, -0.25) is 0 Å². The molecule has 64 valence electrons. The summed E-state index contributed by atoms with van der Waals surface area (Å²) in [6.45, 7) is 4.26. The molecule has 0 saturated carbocycles. The highest BCUT2D eigenvalue weighted by molar-refractivity contribution is 6.18. The van der Waals surface area contributed by atoms with Crippen molar-refractivity contribution in [3.8, 4) is 0 Å². The molecular formula is C9H15ClO. The minimum absolute atomic E-state index is 0.241. The minimum atomic E-state index is 0.241. The van der Waals surface area contributed by atoms with Gasteiger partial charge >= 0.3 is 0 Å². The highest BCUT2D eigenvalue weighted by atomic mass is 35.5. The Kier molecular flexibility index (Phi) is 3.41. The van der Waals surface area contributed by atoms with Crippen molar-refractivity contribution >= 4 is 11.6 Å². The van der Waals surface area contributed by atoms with E-state index in [1.54, 1.807) is 0 Å². The van der Waals surface area contributed by atoms with Crippen molar-refractivity contribution in [3.05, 3.63) is 11.6 Å². The minimum Gasteiger partial charge on any atom is -0.369 e. The van der Waals surface area contributed by atoms with Gasteiger partial charge in [0.05, 0.1) is 12.2 Å². The predicted octanol–water partition coefficient (Wildman–Crippen LogP) is 2.74. The Labute approximate surface area is 73.4 Å². The SMILES string of the molecule is CC[C@@H]1O[C@H](CCl)CC=C1C. The molecule has 0 radical (unpaired) electrons. The summed E-state index contributed by atoms with van der Waals surface area (Å²) in [5, 5.41) is 0. The van der Waals surface area contributed by atoms with E-state index in [-0.39, 0.29) is 6.10 Å². The summed E-state index contributed by atoms with van der Waals surface area (Å²) in [6.07, 6.45) is 4.82. The van der Waals surface area contributed by atoms with Crippen molar-refractivity contribution in [1.29, 1.82) is 0 Å². The molecule has 0 N–H and O–H groups in total. The number of alkyl halides is 1. The first-order valence-electron chi connectivity index (χ1n) is 4.16. The Morgan fingerprint density at radius 3 is 3.00 bits per heavy atom. The van der Waals surface area contributed by atoms with Crippen molar-refractivity contribution in [2.75, 3.05) is 5.88 Å². The molecule has 1 heterocycles. The molecule has 0 aliphatic carbocycles. The molecule has 0 amide bonds. The van der Waals surface area contributed by atoms with Crippen LogP contribution in [-0.4, -0.2) is 18.1 Å². The van der Waals surface area contributed by atoms with Crippen molar-refractivity contribution in [1.82, 2.24) is 0 Å². The Morgan fingerprint density at radius 1 is 1.73 bits per heavy atom. The zero-order valence-corrected chi connectivity index (χ0v) is 7.90. The van der Waals surface area contributed by atoms with Gasteiger partial charge < -0.3 is 4.74 Å². The lowest BCUT2D eigenvalue weighted by Crippen LogP contribution is -2.27. The van der Waals surface area contributed by atoms with Crippen LogP contribution in [0.2, 0.25) is 0 Å². The lowest BCUT2D eigenvalue weighted by Gasteiger charge is -2.27. The van der Waals surface area contributed by atoms with Gasteiger partial charge in [0.2, 0.25) is 0 Å². The molecule has 1 aliphatic heterocycles. The molecule has 1 rings (SSSR count). The predicted molar refractivity (Wildman–Crippen MR) is 48.0 cm³/mol. The van der Waals surface area contributed by atoms with Gasteiger partial charge in [-0.1, -0.05) is 13.0 Å². The molecule has 0 aromatic carbocycles. The van der Waals surface area contributed by atoms with Crippen LogP contribution in [0.15, 0.2) is 11.6 Å². The number of ether oxygens (including phenoxy) is 1. The summed E-state index contributed by atoms with van der Waals surface area (Å²) < 4.78 is 5.70. The van der Waals surface area contributed by atoms with E-state index >= 15 is 0 Å². The third-order valence-corrected chi connectivity index (χ3v) is 2.45. The Hall–Kier alpha value is -0.0100. The molecule has 0 fully saturated rings. The molecule has 0 aromatic rings. The van der Waals surface area contributed by atoms with Gasteiger partial charge in [0.1, 0.15) is 0 Å². The van der Waals surface area contributed by atoms with Gasteiger partial charge in [0.15, 0.2) is 0 Å². The maximum atomic E-state index is 5.70. The summed E-state index contributed by atoms with van der Waals surface area (Å²) in [6, 6.07) is 0. The summed E-state index contributed by atoms with van der Waals surface area (Å²) in [7, 11) is 0. The van der Waals surface area contributed by atoms with E-state index in [2.05, 4.69) is 19.9 Å². The molecule has 0 unspecified atom stereocenters. The van der Waals surface area contributed by atoms with Crippen LogP contribution in [0, 0.1) is 0 Å². The highest BCUT2D eigenvalue weighted by Crippen LogP contribution is 2.21. The third kappa shape index (κ3) is 2.21. The van der Waals surface area contributed by atoms with Crippen molar-refractivity contribution < 1.29 is 4.74 Å². The van der Waals surface area contributed by atoms with Gasteiger partial charge in [0, 0.05) is 5.88 Å². The third-order valence-electron chi connectivity index (χ3n) is 2.11. The van der Waals surface area contributed by atoms with E-state index in [9.17, 15) is 0 Å². The maximum absolute atomic E-state index is 5.70. The Morgan fingerprint density at radius 2 is 2.45 bits per heavy atom. The normalized spacial score (nSPS) is 31.7. The zero-order chi connectivity index (χ0) is 8.27. The quantitative estimate of drug-likeness (QED) is 0.462. The largest absolute Gasteiger partial charge is 0.369 e. The van der Waals surface area contributed by atoms with Crippen LogP contribution in [-0.2, 0) is 4.74 Å². The van der Waals surface area contributed by atoms with Gasteiger partial charge in [0.25, 0.3) is 0 Å². The fourth-order valence-electron chi connectivity index (χ4n) is 1.36. The first-order chi connectivity index (χ1) is 5.27. The lowest BCUT2D eigenvalue weighted by atomic mass is 10.0. The first-order valence-corrected chi connectivity index (χ1v) is 4.69. The van der Waals surface area contributed by atoms with E-state index in [1.807, 2.05) is 0 Å². The fraction of sp³-hybridized carbons (Fsp3) is 0.778. The van der Waals surface area contributed by atoms with Gasteiger partial charge in [-0.25, -0.2) is 0 Å². The van der Waals surface area contributed by atoms with Gasteiger partial charge in [-0.05, 0) is 25.3 Å². The average Bonchev–Trinajstić information content (AvgIpc) is 2.05. The molecule has 0 bridgehead atoms. The molecule has 0 spiro atoms. The van der Waals surface area contributed by atoms with Crippen LogP contribution in [0.25, 0.3) is 0 Å². The summed E-state index contributed by atoms with van der Waals surface area (Å²) in [4.78, 5) is 0. The molecule has 1 nitrogen and oxygen atoms in total. The number of halogens is 1. The summed E-state index contributed by atoms with van der Waals surface area (Å²) >= 11 is 5.70. The van der Waals surface area contributed by atoms with Gasteiger partial charge in [-0.15, -0.1) is 11.6 Å². The maximum Gasteiger partial charge on any atom is 0.0784 e. The molecule has 1 aliphatic rings. The average molecular weight is 175 g/mol. The van der Waals surface area contributed by atoms with E-state index in [4.69, 9.17) is 16.3 Å². The Bertz CT molecular complexity index is 154. The van der Waals surface area contributed by atoms with Crippen LogP contribution in [0.3, 0.4) is 0 Å². The summed E-state index contributed by atoms with van der Waals surface area (Å²) in [5.74, 6) is 0.611. The van der Waals surface area contributed by atoms with E-state index in [0.717, 1.165) is 12.8 Å². The van der Waals surface area contributed by atoms with Crippen LogP contribution >= 0.6 is 11.6 Å². The van der Waals surface area contributed by atoms with Crippen LogP contribution < -0.4 is 0 Å². The van der Waals surface area contributed by atoms with Crippen molar-refractivity contribution in [3.63, 3.8) is 0 Å². The second-order valence-electron chi connectivity index (χ2n) is 2.99. The number of rotatable bonds is 2. The standard InChI is InChI=1S/C9H15ClO/c1-3-9-7(2)4-5-8(6-10)11-9/h4,8-9H,3,5-6H2,1-2H3/t8-,9-/m0/s1. The van der Waals surface area contributed by atoms with Crippen molar-refractivity contribution in [2.45, 2.75) is 38.9 Å². The number of hydrogen-bond donors (Lipinski definition) is 0. The van der Waals surface area contributed by atoms with Crippen LogP contribution in [0.5, 0.6) is 0 Å². The Balaban J connectivity index is 2.53. The first kappa shape index (κ1) is 9.08. The molecule has 2 atom stereocenters. The van der Waals surface area contributed by atoms with Crippen LogP contribution in [0.1, 0.15) is 26.7 Å². The summed E-state index contributed by atoms with van der Waals surface area (Å²) in [5.41, 5.74) is 1.36. The molecule has 11 heavy (non-hydrogen) atoms. The highest BCUT2D eigenvalue weighted by Gasteiger charge is 2.19. The van der Waals surface area contributed by atoms with Gasteiger partial charge in [-0.2, -0.15) is 0 Å². The van der Waals surface area contributed by atoms with E-state index < -0.39 is 0 Å². The molecule has 0 saturated heterocycles. The lowest BCUT2D eigenvalue weighted by molar-refractivity contribution is 0.0103. The monoisotopic (exact) mass is 174 g/mol. The molecular weight excluding hydrogens is 160 g/mol. The topological polar surface area (TPSA) is 9.23 Å². The zero-order valence-electron chi connectivity index (χ0n) is 7.14. The number of hydrogen-bond acceptors (Lipinski definition) is 1.